The lowest BCUT2D eigenvalue weighted by molar-refractivity contribution is -0.138. The Morgan fingerprint density at radius 1 is 1.42 bits per heavy atom. The molecule has 104 valence electrons. The number of aliphatic carboxylic acids is 1. The average Bonchev–Trinajstić information content (AvgIpc) is 2.34. The number of hydrogen-bond acceptors (Lipinski definition) is 2. The fraction of sp³-hybridized carbons (Fsp3) is 0.429. The van der Waals surface area contributed by atoms with Gasteiger partial charge in [-0.25, -0.2) is 0 Å². The molecular weight excluding hydrogens is 266 g/mol. The number of carboxylic acid groups (broad SMARTS) is 1. The maximum absolute atomic E-state index is 12.4. The van der Waals surface area contributed by atoms with E-state index in [1.165, 1.54) is 4.90 Å². The van der Waals surface area contributed by atoms with Crippen LogP contribution >= 0.6 is 11.6 Å². The second kappa shape index (κ2) is 6.57. The predicted octanol–water partition coefficient (Wildman–Crippen LogP) is 2.97. The molecule has 0 saturated heterocycles. The van der Waals surface area contributed by atoms with E-state index in [9.17, 15) is 9.59 Å². The van der Waals surface area contributed by atoms with Crippen molar-refractivity contribution in [2.75, 3.05) is 6.54 Å². The summed E-state index contributed by atoms with van der Waals surface area (Å²) in [5.41, 5.74) is 1.30. The average molecular weight is 284 g/mol. The third-order valence-electron chi connectivity index (χ3n) is 3.04. The molecule has 0 fully saturated rings. The van der Waals surface area contributed by atoms with Crippen molar-refractivity contribution in [2.45, 2.75) is 33.2 Å². The van der Waals surface area contributed by atoms with Crippen LogP contribution in [0.4, 0.5) is 0 Å². The van der Waals surface area contributed by atoms with Crippen LogP contribution in [-0.4, -0.2) is 34.5 Å². The van der Waals surface area contributed by atoms with Crippen LogP contribution in [0.25, 0.3) is 0 Å². The van der Waals surface area contributed by atoms with Gasteiger partial charge in [-0.05, 0) is 38.0 Å². The second-order valence-corrected chi connectivity index (χ2v) is 4.97. The van der Waals surface area contributed by atoms with Gasteiger partial charge < -0.3 is 10.0 Å². The second-order valence-electron chi connectivity index (χ2n) is 4.57. The molecule has 0 bridgehead atoms. The van der Waals surface area contributed by atoms with Crippen molar-refractivity contribution in [3.63, 3.8) is 0 Å². The van der Waals surface area contributed by atoms with Gasteiger partial charge in [0.2, 0.25) is 0 Å². The Kier molecular flexibility index (Phi) is 5.36. The molecule has 0 aliphatic carbocycles. The fourth-order valence-corrected chi connectivity index (χ4v) is 2.06. The van der Waals surface area contributed by atoms with Gasteiger partial charge in [0.15, 0.2) is 0 Å². The van der Waals surface area contributed by atoms with Crippen molar-refractivity contribution in [3.8, 4) is 0 Å². The molecule has 0 aliphatic heterocycles. The topological polar surface area (TPSA) is 57.6 Å². The number of amides is 1. The van der Waals surface area contributed by atoms with Crippen molar-refractivity contribution in [1.82, 2.24) is 4.90 Å². The van der Waals surface area contributed by atoms with E-state index in [1.807, 2.05) is 20.8 Å². The van der Waals surface area contributed by atoms with Crippen molar-refractivity contribution in [3.05, 3.63) is 34.3 Å². The lowest BCUT2D eigenvalue weighted by atomic mass is 10.1. The fourth-order valence-electron chi connectivity index (χ4n) is 1.74. The molecule has 19 heavy (non-hydrogen) atoms. The maximum atomic E-state index is 12.4. The van der Waals surface area contributed by atoms with Gasteiger partial charge in [-0.15, -0.1) is 0 Å². The Bertz CT molecular complexity index is 488. The third kappa shape index (κ3) is 3.96. The molecular formula is C14H18ClNO3. The molecule has 0 aliphatic rings. The molecule has 5 heteroatoms. The molecule has 0 aromatic heterocycles. The highest BCUT2D eigenvalue weighted by Crippen LogP contribution is 2.20. The standard InChI is InChI=1S/C14H18ClNO3/c1-4-10(3)16(8-13(17)18)14(19)11-6-5-9(2)7-12(11)15/h5-7,10H,4,8H2,1-3H3,(H,17,18). The van der Waals surface area contributed by atoms with Crippen molar-refractivity contribution in [2.24, 2.45) is 0 Å². The quantitative estimate of drug-likeness (QED) is 0.904. The number of rotatable bonds is 5. The first kappa shape index (κ1) is 15.5. The Hall–Kier alpha value is -1.55. The zero-order valence-corrected chi connectivity index (χ0v) is 12.1. The summed E-state index contributed by atoms with van der Waals surface area (Å²) in [6.45, 7) is 5.29. The zero-order valence-electron chi connectivity index (χ0n) is 11.3. The summed E-state index contributed by atoms with van der Waals surface area (Å²) < 4.78 is 0. The molecule has 1 aromatic carbocycles. The molecule has 0 spiro atoms. The van der Waals surface area contributed by atoms with E-state index >= 15 is 0 Å². The van der Waals surface area contributed by atoms with E-state index < -0.39 is 5.97 Å². The number of carboxylic acids is 1. The van der Waals surface area contributed by atoms with Crippen molar-refractivity contribution < 1.29 is 14.7 Å². The highest BCUT2D eigenvalue weighted by molar-refractivity contribution is 6.33. The first-order valence-corrected chi connectivity index (χ1v) is 6.53. The minimum absolute atomic E-state index is 0.152. The van der Waals surface area contributed by atoms with Gasteiger partial charge in [0, 0.05) is 6.04 Å². The Labute approximate surface area is 118 Å². The van der Waals surface area contributed by atoms with E-state index in [0.29, 0.717) is 17.0 Å². The SMILES string of the molecule is CCC(C)N(CC(=O)O)C(=O)c1ccc(C)cc1Cl. The Morgan fingerprint density at radius 3 is 2.53 bits per heavy atom. The summed E-state index contributed by atoms with van der Waals surface area (Å²) in [6, 6.07) is 4.97. The minimum Gasteiger partial charge on any atom is -0.480 e. The summed E-state index contributed by atoms with van der Waals surface area (Å²) in [6.07, 6.45) is 0.683. The number of carbonyl (C=O) groups excluding carboxylic acids is 1. The number of benzene rings is 1. The molecule has 1 N–H and O–H groups in total. The monoisotopic (exact) mass is 283 g/mol. The van der Waals surface area contributed by atoms with Gasteiger partial charge in [-0.3, -0.25) is 9.59 Å². The summed E-state index contributed by atoms with van der Waals surface area (Å²) in [5, 5.41) is 9.26. The van der Waals surface area contributed by atoms with Crippen LogP contribution < -0.4 is 0 Å². The smallest absolute Gasteiger partial charge is 0.323 e. The van der Waals surface area contributed by atoms with Crippen LogP contribution in [-0.2, 0) is 4.79 Å². The van der Waals surface area contributed by atoms with Crippen LogP contribution in [0.15, 0.2) is 18.2 Å². The molecule has 1 unspecified atom stereocenters. The maximum Gasteiger partial charge on any atom is 0.323 e. The first-order chi connectivity index (χ1) is 8.86. The van der Waals surface area contributed by atoms with E-state index in [0.717, 1.165) is 5.56 Å². The minimum atomic E-state index is -1.03. The molecule has 1 aromatic rings. The third-order valence-corrected chi connectivity index (χ3v) is 3.36. The van der Waals surface area contributed by atoms with Crippen LogP contribution in [0.1, 0.15) is 36.2 Å². The molecule has 1 amide bonds. The predicted molar refractivity (Wildman–Crippen MR) is 74.6 cm³/mol. The van der Waals surface area contributed by atoms with Gasteiger partial charge in [0.25, 0.3) is 5.91 Å². The number of hydrogen-bond donors (Lipinski definition) is 1. The van der Waals surface area contributed by atoms with Crippen LogP contribution in [0.3, 0.4) is 0 Å². The van der Waals surface area contributed by atoms with Crippen LogP contribution in [0.2, 0.25) is 5.02 Å². The van der Waals surface area contributed by atoms with Crippen LogP contribution in [0, 0.1) is 6.92 Å². The number of aryl methyl sites for hydroxylation is 1. The normalized spacial score (nSPS) is 12.0. The number of nitrogens with zero attached hydrogens (tertiary/aromatic N) is 1. The van der Waals surface area contributed by atoms with E-state index in [2.05, 4.69) is 0 Å². The Morgan fingerprint density at radius 2 is 2.05 bits per heavy atom. The molecule has 0 heterocycles. The van der Waals surface area contributed by atoms with Crippen LogP contribution in [0.5, 0.6) is 0 Å². The lowest BCUT2D eigenvalue weighted by Gasteiger charge is -2.27. The van der Waals surface area contributed by atoms with Gasteiger partial charge in [-0.2, -0.15) is 0 Å². The van der Waals surface area contributed by atoms with Gasteiger partial charge in [0.05, 0.1) is 10.6 Å². The van der Waals surface area contributed by atoms with Gasteiger partial charge in [-0.1, -0.05) is 24.6 Å². The highest BCUT2D eigenvalue weighted by atomic mass is 35.5. The first-order valence-electron chi connectivity index (χ1n) is 6.15. The Balaban J connectivity index is 3.08. The largest absolute Gasteiger partial charge is 0.480 e. The molecule has 0 radical (unpaired) electrons. The zero-order chi connectivity index (χ0) is 14.6. The van der Waals surface area contributed by atoms with E-state index in [4.69, 9.17) is 16.7 Å². The molecule has 4 nitrogen and oxygen atoms in total. The van der Waals surface area contributed by atoms with Gasteiger partial charge >= 0.3 is 5.97 Å². The summed E-state index contributed by atoms with van der Waals surface area (Å²) in [5.74, 6) is -1.38. The summed E-state index contributed by atoms with van der Waals surface area (Å²) in [4.78, 5) is 24.6. The molecule has 0 saturated carbocycles. The number of carbonyl (C=O) groups is 2. The summed E-state index contributed by atoms with van der Waals surface area (Å²) >= 11 is 6.06. The van der Waals surface area contributed by atoms with Gasteiger partial charge in [0.1, 0.15) is 6.54 Å². The lowest BCUT2D eigenvalue weighted by Crippen LogP contribution is -2.41. The molecule has 1 rings (SSSR count). The summed E-state index contributed by atoms with van der Waals surface area (Å²) in [7, 11) is 0. The van der Waals surface area contributed by atoms with E-state index in [-0.39, 0.29) is 18.5 Å². The molecule has 1 atom stereocenters. The van der Waals surface area contributed by atoms with Crippen molar-refractivity contribution >= 4 is 23.5 Å². The number of halogens is 1. The van der Waals surface area contributed by atoms with E-state index in [1.54, 1.807) is 18.2 Å². The highest BCUT2D eigenvalue weighted by Gasteiger charge is 2.24. The van der Waals surface area contributed by atoms with Crippen molar-refractivity contribution in [1.29, 1.82) is 0 Å².